The summed E-state index contributed by atoms with van der Waals surface area (Å²) in [7, 11) is 0. The quantitative estimate of drug-likeness (QED) is 0.435. The molecule has 0 spiro atoms. The summed E-state index contributed by atoms with van der Waals surface area (Å²) in [6, 6.07) is 13.9. The van der Waals surface area contributed by atoms with Crippen molar-refractivity contribution in [3.05, 3.63) is 69.7 Å². The zero-order chi connectivity index (χ0) is 20.4. The Bertz CT molecular complexity index is 1140. The van der Waals surface area contributed by atoms with Crippen molar-refractivity contribution >= 4 is 34.1 Å². The number of rotatable bonds is 8. The number of hydrogen-bond acceptors (Lipinski definition) is 5. The van der Waals surface area contributed by atoms with Crippen LogP contribution in [0.4, 0.5) is 5.95 Å². The van der Waals surface area contributed by atoms with Gasteiger partial charge in [-0.25, -0.2) is 4.98 Å². The van der Waals surface area contributed by atoms with Crippen LogP contribution < -0.4 is 5.32 Å². The van der Waals surface area contributed by atoms with Crippen molar-refractivity contribution in [2.45, 2.75) is 26.9 Å². The normalized spacial score (nSPS) is 11.3. The number of anilines is 1. The molecule has 0 aliphatic heterocycles. The highest BCUT2D eigenvalue weighted by Crippen LogP contribution is 2.23. The van der Waals surface area contributed by atoms with Gasteiger partial charge in [0, 0.05) is 28.4 Å². The molecule has 0 atom stereocenters. The molecule has 0 unspecified atom stereocenters. The second-order valence-electron chi connectivity index (χ2n) is 7.03. The maximum atomic E-state index is 13.2. The number of ketones is 1. The number of benzene rings is 1. The standard InChI is InChI=1S/C22H24N4O2S/c1-15-12-18(16(2)25(15)13-17-6-5-11-29-17)21(28)14-26-20-8-4-3-7-19(20)24-22(26)23-9-10-27/h3-8,11-12,27H,9-10,13-14H2,1-2H3,(H,23,24). The van der Waals surface area contributed by atoms with E-state index in [1.807, 2.05) is 54.8 Å². The van der Waals surface area contributed by atoms with E-state index in [0.29, 0.717) is 12.5 Å². The Morgan fingerprint density at radius 1 is 1.17 bits per heavy atom. The number of fused-ring (bicyclic) bond motifs is 1. The highest BCUT2D eigenvalue weighted by molar-refractivity contribution is 7.09. The Kier molecular flexibility index (Phi) is 5.51. The Morgan fingerprint density at radius 3 is 2.76 bits per heavy atom. The fourth-order valence-corrected chi connectivity index (χ4v) is 4.34. The predicted molar refractivity (Wildman–Crippen MR) is 117 cm³/mol. The Labute approximate surface area is 173 Å². The second-order valence-corrected chi connectivity index (χ2v) is 8.07. The molecule has 0 fully saturated rings. The molecule has 0 aliphatic carbocycles. The third kappa shape index (κ3) is 3.83. The number of para-hydroxylation sites is 2. The number of aryl methyl sites for hydroxylation is 1. The first-order valence-electron chi connectivity index (χ1n) is 9.60. The number of imidazole rings is 1. The summed E-state index contributed by atoms with van der Waals surface area (Å²) in [5.74, 6) is 0.645. The summed E-state index contributed by atoms with van der Waals surface area (Å²) in [4.78, 5) is 19.1. The van der Waals surface area contributed by atoms with Crippen molar-refractivity contribution in [1.82, 2.24) is 14.1 Å². The minimum atomic E-state index is 0.00102. The van der Waals surface area contributed by atoms with Crippen LogP contribution in [0.1, 0.15) is 26.6 Å². The van der Waals surface area contributed by atoms with Crippen molar-refractivity contribution in [2.24, 2.45) is 0 Å². The lowest BCUT2D eigenvalue weighted by Gasteiger charge is -2.11. The third-order valence-corrected chi connectivity index (χ3v) is 5.98. The van der Waals surface area contributed by atoms with Crippen molar-refractivity contribution in [2.75, 3.05) is 18.5 Å². The number of nitrogens with zero attached hydrogens (tertiary/aromatic N) is 3. The molecule has 29 heavy (non-hydrogen) atoms. The fourth-order valence-electron chi connectivity index (χ4n) is 3.65. The Balaban J connectivity index is 1.65. The van der Waals surface area contributed by atoms with Gasteiger partial charge in [0.25, 0.3) is 0 Å². The SMILES string of the molecule is Cc1cc(C(=O)Cn2c(NCCO)nc3ccccc32)c(C)n1Cc1cccs1. The number of carbonyl (C=O) groups is 1. The van der Waals surface area contributed by atoms with Crippen LogP contribution in [0.3, 0.4) is 0 Å². The number of carbonyl (C=O) groups excluding carboxylic acids is 1. The van der Waals surface area contributed by atoms with Gasteiger partial charge in [-0.05, 0) is 43.5 Å². The van der Waals surface area contributed by atoms with Crippen molar-refractivity contribution in [3.8, 4) is 0 Å². The van der Waals surface area contributed by atoms with Gasteiger partial charge in [-0.1, -0.05) is 18.2 Å². The number of nitrogens with one attached hydrogen (secondary N) is 1. The topological polar surface area (TPSA) is 72.1 Å². The summed E-state index contributed by atoms with van der Waals surface area (Å²) in [6.07, 6.45) is 0. The number of aromatic nitrogens is 3. The summed E-state index contributed by atoms with van der Waals surface area (Å²) in [5.41, 5.74) is 4.52. The summed E-state index contributed by atoms with van der Waals surface area (Å²) in [5, 5.41) is 14.3. The largest absolute Gasteiger partial charge is 0.395 e. The molecule has 3 heterocycles. The van der Waals surface area contributed by atoms with Gasteiger partial charge in [0.15, 0.2) is 5.78 Å². The third-order valence-electron chi connectivity index (χ3n) is 5.12. The molecule has 3 aromatic heterocycles. The lowest BCUT2D eigenvalue weighted by molar-refractivity contribution is 0.0973. The Hall–Kier alpha value is -2.90. The van der Waals surface area contributed by atoms with Gasteiger partial charge >= 0.3 is 0 Å². The summed E-state index contributed by atoms with van der Waals surface area (Å²) < 4.78 is 4.08. The van der Waals surface area contributed by atoms with Crippen LogP contribution in [0.15, 0.2) is 47.8 Å². The molecule has 1 aromatic carbocycles. The predicted octanol–water partition coefficient (Wildman–Crippen LogP) is 3.85. The zero-order valence-corrected chi connectivity index (χ0v) is 17.4. The number of hydrogen-bond donors (Lipinski definition) is 2. The lowest BCUT2D eigenvalue weighted by Crippen LogP contribution is -2.16. The lowest BCUT2D eigenvalue weighted by atomic mass is 10.1. The van der Waals surface area contributed by atoms with Gasteiger partial charge in [-0.3, -0.25) is 4.79 Å². The van der Waals surface area contributed by atoms with Crippen LogP contribution in [-0.2, 0) is 13.1 Å². The highest BCUT2D eigenvalue weighted by Gasteiger charge is 2.19. The van der Waals surface area contributed by atoms with E-state index in [4.69, 9.17) is 5.11 Å². The monoisotopic (exact) mass is 408 g/mol. The first-order valence-corrected chi connectivity index (χ1v) is 10.5. The van der Waals surface area contributed by atoms with E-state index < -0.39 is 0 Å². The van der Waals surface area contributed by atoms with Crippen LogP contribution in [0, 0.1) is 13.8 Å². The first kappa shape index (κ1) is 19.4. The molecule has 4 aromatic rings. The van der Waals surface area contributed by atoms with Gasteiger partial charge < -0.3 is 19.6 Å². The first-order chi connectivity index (χ1) is 14.1. The van der Waals surface area contributed by atoms with Crippen molar-refractivity contribution < 1.29 is 9.90 Å². The van der Waals surface area contributed by atoms with E-state index in [9.17, 15) is 4.79 Å². The molecule has 2 N–H and O–H groups in total. The molecule has 0 radical (unpaired) electrons. The Morgan fingerprint density at radius 2 is 2.00 bits per heavy atom. The van der Waals surface area contributed by atoms with Crippen LogP contribution in [-0.4, -0.2) is 38.2 Å². The van der Waals surface area contributed by atoms with Crippen LogP contribution >= 0.6 is 11.3 Å². The van der Waals surface area contributed by atoms with Gasteiger partial charge in [0.1, 0.15) is 0 Å². The van der Waals surface area contributed by atoms with E-state index in [-0.39, 0.29) is 18.9 Å². The molecule has 4 rings (SSSR count). The number of aliphatic hydroxyl groups excluding tert-OH is 1. The van der Waals surface area contributed by atoms with Gasteiger partial charge in [0.2, 0.25) is 5.95 Å². The van der Waals surface area contributed by atoms with E-state index in [2.05, 4.69) is 26.3 Å². The molecule has 0 aliphatic rings. The van der Waals surface area contributed by atoms with Crippen LogP contribution in [0.5, 0.6) is 0 Å². The summed E-state index contributed by atoms with van der Waals surface area (Å²) in [6.45, 7) is 5.40. The second kappa shape index (κ2) is 8.23. The highest BCUT2D eigenvalue weighted by atomic mass is 32.1. The van der Waals surface area contributed by atoms with Gasteiger partial charge in [-0.15, -0.1) is 11.3 Å². The van der Waals surface area contributed by atoms with E-state index in [1.165, 1.54) is 4.88 Å². The molecule has 150 valence electrons. The minimum absolute atomic E-state index is 0.00102. The zero-order valence-electron chi connectivity index (χ0n) is 16.6. The van der Waals surface area contributed by atoms with Crippen molar-refractivity contribution in [1.29, 1.82) is 0 Å². The molecular weight excluding hydrogens is 384 g/mol. The smallest absolute Gasteiger partial charge is 0.204 e. The van der Waals surface area contributed by atoms with E-state index >= 15 is 0 Å². The fraction of sp³-hybridized carbons (Fsp3) is 0.273. The average molecular weight is 409 g/mol. The van der Waals surface area contributed by atoms with Gasteiger partial charge in [-0.2, -0.15) is 0 Å². The van der Waals surface area contributed by atoms with Crippen molar-refractivity contribution in [3.63, 3.8) is 0 Å². The molecule has 0 amide bonds. The molecule has 0 saturated heterocycles. The molecule has 0 bridgehead atoms. The number of thiophene rings is 1. The molecular formula is C22H24N4O2S. The van der Waals surface area contributed by atoms with Gasteiger partial charge in [0.05, 0.1) is 30.7 Å². The van der Waals surface area contributed by atoms with Crippen LogP contribution in [0.2, 0.25) is 0 Å². The maximum absolute atomic E-state index is 13.2. The number of aliphatic hydroxyl groups is 1. The molecule has 7 heteroatoms. The maximum Gasteiger partial charge on any atom is 0.204 e. The average Bonchev–Trinajstić information content (AvgIpc) is 3.42. The number of Topliss-reactive ketones (excluding diaryl/α,β-unsaturated/α-hetero) is 1. The molecule has 0 saturated carbocycles. The minimum Gasteiger partial charge on any atom is -0.395 e. The van der Waals surface area contributed by atoms with Crippen LogP contribution in [0.25, 0.3) is 11.0 Å². The summed E-state index contributed by atoms with van der Waals surface area (Å²) >= 11 is 1.72. The van der Waals surface area contributed by atoms with E-state index in [1.54, 1.807) is 11.3 Å². The molecule has 6 nitrogen and oxygen atoms in total. The van der Waals surface area contributed by atoms with E-state index in [0.717, 1.165) is 34.5 Å².